The Labute approximate surface area is 92.2 Å². The van der Waals surface area contributed by atoms with Gasteiger partial charge in [0.2, 0.25) is 5.91 Å². The van der Waals surface area contributed by atoms with Gasteiger partial charge in [-0.25, -0.2) is 0 Å². The average molecular weight is 239 g/mol. The number of hydrogen-bond acceptors (Lipinski definition) is 3. The molecular formula is C9H16F3N3O. The molecule has 0 aromatic heterocycles. The molecule has 1 amide bonds. The summed E-state index contributed by atoms with van der Waals surface area (Å²) in [6.45, 7) is 0.226. The summed E-state index contributed by atoms with van der Waals surface area (Å²) in [5.74, 6) is -0.575. The Kier molecular flexibility index (Phi) is 4.55. The van der Waals surface area contributed by atoms with E-state index in [9.17, 15) is 18.0 Å². The Balaban J connectivity index is 2.20. The molecule has 7 heteroatoms. The molecule has 1 aliphatic heterocycles. The number of likely N-dealkylation sites (N-methyl/N-ethyl adjacent to an activating group) is 1. The third-order valence-corrected chi connectivity index (χ3v) is 2.53. The molecule has 1 heterocycles. The highest BCUT2D eigenvalue weighted by Gasteiger charge is 2.28. The number of carbonyl (C=O) groups is 1. The Bertz CT molecular complexity index is 245. The second-order valence-corrected chi connectivity index (χ2v) is 3.90. The highest BCUT2D eigenvalue weighted by Crippen LogP contribution is 2.12. The van der Waals surface area contributed by atoms with Crippen molar-refractivity contribution in [2.45, 2.75) is 18.6 Å². The first-order valence-electron chi connectivity index (χ1n) is 5.14. The number of rotatable bonds is 4. The van der Waals surface area contributed by atoms with Gasteiger partial charge in [-0.15, -0.1) is 0 Å². The molecule has 1 rings (SSSR count). The summed E-state index contributed by atoms with van der Waals surface area (Å²) >= 11 is 0. The van der Waals surface area contributed by atoms with Crippen molar-refractivity contribution < 1.29 is 18.0 Å². The summed E-state index contributed by atoms with van der Waals surface area (Å²) in [7, 11) is 1.83. The van der Waals surface area contributed by atoms with Crippen LogP contribution in [0.15, 0.2) is 0 Å². The maximum Gasteiger partial charge on any atom is 0.405 e. The van der Waals surface area contributed by atoms with Gasteiger partial charge in [-0.05, 0) is 13.5 Å². The Morgan fingerprint density at radius 1 is 1.50 bits per heavy atom. The fraction of sp³-hybridized carbons (Fsp3) is 0.889. The highest BCUT2D eigenvalue weighted by atomic mass is 19.4. The molecule has 0 spiro atoms. The van der Waals surface area contributed by atoms with Crippen molar-refractivity contribution in [3.63, 3.8) is 0 Å². The van der Waals surface area contributed by atoms with Crippen LogP contribution in [0, 0.1) is 0 Å². The smallest absolute Gasteiger partial charge is 0.346 e. The second kappa shape index (κ2) is 5.49. The predicted molar refractivity (Wildman–Crippen MR) is 53.0 cm³/mol. The van der Waals surface area contributed by atoms with Crippen molar-refractivity contribution in [3.8, 4) is 0 Å². The monoisotopic (exact) mass is 239 g/mol. The molecule has 94 valence electrons. The van der Waals surface area contributed by atoms with Gasteiger partial charge in [0.15, 0.2) is 0 Å². The van der Waals surface area contributed by atoms with Crippen molar-refractivity contribution in [2.24, 2.45) is 0 Å². The van der Waals surface area contributed by atoms with E-state index < -0.39 is 18.6 Å². The van der Waals surface area contributed by atoms with E-state index in [1.807, 2.05) is 17.3 Å². The van der Waals surface area contributed by atoms with Crippen molar-refractivity contribution in [1.82, 2.24) is 15.5 Å². The van der Waals surface area contributed by atoms with Crippen LogP contribution in [0.5, 0.6) is 0 Å². The van der Waals surface area contributed by atoms with E-state index in [0.717, 1.165) is 13.0 Å². The van der Waals surface area contributed by atoms with Gasteiger partial charge in [0.05, 0.1) is 6.54 Å². The van der Waals surface area contributed by atoms with E-state index in [1.54, 1.807) is 0 Å². The van der Waals surface area contributed by atoms with Crippen LogP contribution in [-0.2, 0) is 4.79 Å². The lowest BCUT2D eigenvalue weighted by Crippen LogP contribution is -2.41. The molecule has 1 unspecified atom stereocenters. The van der Waals surface area contributed by atoms with Crippen LogP contribution in [0.4, 0.5) is 13.2 Å². The standard InChI is InChI=1S/C9H16F3N3O/c1-13-7-2-3-15(4-7)5-8(16)14-6-9(10,11)12/h7,13H,2-6H2,1H3,(H,14,16). The first-order chi connectivity index (χ1) is 7.40. The van der Waals surface area contributed by atoms with Crippen LogP contribution in [-0.4, -0.2) is 56.3 Å². The van der Waals surface area contributed by atoms with E-state index in [-0.39, 0.29) is 6.54 Å². The van der Waals surface area contributed by atoms with Gasteiger partial charge in [0.1, 0.15) is 6.54 Å². The summed E-state index contributed by atoms with van der Waals surface area (Å²) in [5, 5.41) is 4.93. The van der Waals surface area contributed by atoms with Crippen LogP contribution in [0.25, 0.3) is 0 Å². The predicted octanol–water partition coefficient (Wildman–Crippen LogP) is -0.0414. The lowest BCUT2D eigenvalue weighted by Gasteiger charge is -2.15. The molecule has 0 saturated carbocycles. The van der Waals surface area contributed by atoms with Gasteiger partial charge in [-0.3, -0.25) is 9.69 Å². The SMILES string of the molecule is CNC1CCN(CC(=O)NCC(F)(F)F)C1. The van der Waals surface area contributed by atoms with Crippen LogP contribution < -0.4 is 10.6 Å². The zero-order valence-corrected chi connectivity index (χ0v) is 9.10. The zero-order chi connectivity index (χ0) is 12.2. The number of amides is 1. The molecule has 4 nitrogen and oxygen atoms in total. The number of nitrogens with one attached hydrogen (secondary N) is 2. The lowest BCUT2D eigenvalue weighted by molar-refractivity contribution is -0.138. The summed E-state index contributed by atoms with van der Waals surface area (Å²) in [4.78, 5) is 13.0. The normalized spacial score (nSPS) is 22.4. The number of hydrogen-bond donors (Lipinski definition) is 2. The van der Waals surface area contributed by atoms with E-state index in [1.165, 1.54) is 0 Å². The molecule has 16 heavy (non-hydrogen) atoms. The quantitative estimate of drug-likeness (QED) is 0.723. The minimum Gasteiger partial charge on any atom is -0.346 e. The lowest BCUT2D eigenvalue weighted by atomic mass is 10.3. The molecule has 0 aromatic carbocycles. The van der Waals surface area contributed by atoms with Gasteiger partial charge < -0.3 is 10.6 Å². The average Bonchev–Trinajstić information content (AvgIpc) is 2.61. The fourth-order valence-electron chi connectivity index (χ4n) is 1.67. The molecule has 0 aromatic rings. The molecule has 0 bridgehead atoms. The highest BCUT2D eigenvalue weighted by molar-refractivity contribution is 5.78. The number of nitrogens with zero attached hydrogens (tertiary/aromatic N) is 1. The van der Waals surface area contributed by atoms with Gasteiger partial charge in [0.25, 0.3) is 0 Å². The molecular weight excluding hydrogens is 223 g/mol. The zero-order valence-electron chi connectivity index (χ0n) is 9.10. The fourth-order valence-corrected chi connectivity index (χ4v) is 1.67. The van der Waals surface area contributed by atoms with Crippen molar-refractivity contribution in [2.75, 3.05) is 33.2 Å². The minimum absolute atomic E-state index is 0.0360. The van der Waals surface area contributed by atoms with Crippen molar-refractivity contribution in [3.05, 3.63) is 0 Å². The van der Waals surface area contributed by atoms with Crippen molar-refractivity contribution >= 4 is 5.91 Å². The third-order valence-electron chi connectivity index (χ3n) is 2.53. The largest absolute Gasteiger partial charge is 0.405 e. The van der Waals surface area contributed by atoms with Crippen LogP contribution in [0.2, 0.25) is 0 Å². The maximum absolute atomic E-state index is 11.8. The minimum atomic E-state index is -4.34. The molecule has 1 fully saturated rings. The molecule has 1 saturated heterocycles. The molecule has 1 atom stereocenters. The summed E-state index contributed by atoms with van der Waals surface area (Å²) in [6, 6.07) is 0.329. The molecule has 0 aliphatic carbocycles. The second-order valence-electron chi connectivity index (χ2n) is 3.90. The first kappa shape index (κ1) is 13.2. The van der Waals surface area contributed by atoms with Gasteiger partial charge >= 0.3 is 6.18 Å². The maximum atomic E-state index is 11.8. The summed E-state index contributed by atoms with van der Waals surface area (Å²) < 4.78 is 35.4. The first-order valence-corrected chi connectivity index (χ1v) is 5.14. The Morgan fingerprint density at radius 3 is 2.69 bits per heavy atom. The topological polar surface area (TPSA) is 44.4 Å². The van der Waals surface area contributed by atoms with E-state index in [2.05, 4.69) is 5.32 Å². The molecule has 2 N–H and O–H groups in total. The van der Waals surface area contributed by atoms with Crippen LogP contribution in [0.3, 0.4) is 0 Å². The van der Waals surface area contributed by atoms with E-state index >= 15 is 0 Å². The Hall–Kier alpha value is -0.820. The summed E-state index contributed by atoms with van der Waals surface area (Å²) in [6.07, 6.45) is -3.42. The number of likely N-dealkylation sites (tertiary alicyclic amines) is 1. The van der Waals surface area contributed by atoms with E-state index in [4.69, 9.17) is 0 Å². The van der Waals surface area contributed by atoms with Crippen LogP contribution in [0.1, 0.15) is 6.42 Å². The van der Waals surface area contributed by atoms with E-state index in [0.29, 0.717) is 12.6 Å². The van der Waals surface area contributed by atoms with Gasteiger partial charge in [-0.2, -0.15) is 13.2 Å². The third kappa shape index (κ3) is 4.80. The number of alkyl halides is 3. The molecule has 1 aliphatic rings. The van der Waals surface area contributed by atoms with Crippen LogP contribution >= 0.6 is 0 Å². The van der Waals surface area contributed by atoms with Crippen molar-refractivity contribution in [1.29, 1.82) is 0 Å². The van der Waals surface area contributed by atoms with Gasteiger partial charge in [0, 0.05) is 19.1 Å². The number of halogens is 3. The number of carbonyl (C=O) groups excluding carboxylic acids is 1. The Morgan fingerprint density at radius 2 is 2.19 bits per heavy atom. The molecule has 0 radical (unpaired) electrons. The van der Waals surface area contributed by atoms with Gasteiger partial charge in [-0.1, -0.05) is 0 Å². The summed E-state index contributed by atoms with van der Waals surface area (Å²) in [5.41, 5.74) is 0.